The second-order valence-corrected chi connectivity index (χ2v) is 5.74. The van der Waals surface area contributed by atoms with E-state index < -0.39 is 0 Å². The molecule has 2 unspecified atom stereocenters. The SMILES string of the molecule is CNC(=O)C1CNCCN1CC(=O)N1CCCCC1C. The fraction of sp³-hybridized carbons (Fsp3) is 0.857. The van der Waals surface area contributed by atoms with Crippen molar-refractivity contribution < 1.29 is 9.59 Å². The van der Waals surface area contributed by atoms with E-state index in [2.05, 4.69) is 17.6 Å². The number of nitrogens with one attached hydrogen (secondary N) is 2. The van der Waals surface area contributed by atoms with Gasteiger partial charge in [0, 0.05) is 39.3 Å². The molecular formula is C14H26N4O2. The van der Waals surface area contributed by atoms with Crippen LogP contribution in [0.5, 0.6) is 0 Å². The summed E-state index contributed by atoms with van der Waals surface area (Å²) in [6.45, 7) is 5.51. The Morgan fingerprint density at radius 1 is 1.30 bits per heavy atom. The van der Waals surface area contributed by atoms with Gasteiger partial charge in [0.05, 0.1) is 6.54 Å². The van der Waals surface area contributed by atoms with Crippen LogP contribution in [0.2, 0.25) is 0 Å². The summed E-state index contributed by atoms with van der Waals surface area (Å²) < 4.78 is 0. The van der Waals surface area contributed by atoms with Crippen LogP contribution in [0.3, 0.4) is 0 Å². The number of piperazine rings is 1. The lowest BCUT2D eigenvalue weighted by Crippen LogP contribution is -2.60. The fourth-order valence-electron chi connectivity index (χ4n) is 3.09. The predicted octanol–water partition coefficient (Wildman–Crippen LogP) is -0.593. The summed E-state index contributed by atoms with van der Waals surface area (Å²) in [7, 11) is 1.64. The first-order valence-corrected chi connectivity index (χ1v) is 7.59. The average molecular weight is 282 g/mol. The fourth-order valence-corrected chi connectivity index (χ4v) is 3.09. The molecule has 2 rings (SSSR count). The maximum Gasteiger partial charge on any atom is 0.238 e. The number of piperidine rings is 1. The Kier molecular flexibility index (Phi) is 5.37. The number of likely N-dealkylation sites (N-methyl/N-ethyl adjacent to an activating group) is 1. The van der Waals surface area contributed by atoms with Gasteiger partial charge in [-0.1, -0.05) is 0 Å². The third kappa shape index (κ3) is 3.49. The second-order valence-electron chi connectivity index (χ2n) is 5.74. The van der Waals surface area contributed by atoms with E-state index in [1.54, 1.807) is 7.05 Å². The average Bonchev–Trinajstić information content (AvgIpc) is 2.47. The van der Waals surface area contributed by atoms with Gasteiger partial charge in [0.25, 0.3) is 0 Å². The van der Waals surface area contributed by atoms with Crippen molar-refractivity contribution >= 4 is 11.8 Å². The minimum atomic E-state index is -0.238. The van der Waals surface area contributed by atoms with Gasteiger partial charge in [-0.05, 0) is 26.2 Å². The van der Waals surface area contributed by atoms with Gasteiger partial charge < -0.3 is 15.5 Å². The van der Waals surface area contributed by atoms with Crippen LogP contribution in [0.4, 0.5) is 0 Å². The van der Waals surface area contributed by atoms with Crippen molar-refractivity contribution in [3.05, 3.63) is 0 Å². The van der Waals surface area contributed by atoms with Gasteiger partial charge in [0.2, 0.25) is 11.8 Å². The topological polar surface area (TPSA) is 64.7 Å². The molecule has 0 radical (unpaired) electrons. The highest BCUT2D eigenvalue weighted by atomic mass is 16.2. The summed E-state index contributed by atoms with van der Waals surface area (Å²) in [4.78, 5) is 28.3. The lowest BCUT2D eigenvalue weighted by atomic mass is 10.0. The Labute approximate surface area is 120 Å². The molecule has 2 heterocycles. The molecule has 2 atom stereocenters. The van der Waals surface area contributed by atoms with E-state index in [1.165, 1.54) is 6.42 Å². The van der Waals surface area contributed by atoms with Gasteiger partial charge in [-0.15, -0.1) is 0 Å². The summed E-state index contributed by atoms with van der Waals surface area (Å²) in [5.41, 5.74) is 0. The number of likely N-dealkylation sites (tertiary alicyclic amines) is 1. The molecule has 0 saturated carbocycles. The first-order valence-electron chi connectivity index (χ1n) is 7.59. The van der Waals surface area contributed by atoms with E-state index in [9.17, 15) is 9.59 Å². The summed E-state index contributed by atoms with van der Waals surface area (Å²) >= 11 is 0. The van der Waals surface area contributed by atoms with Crippen molar-refractivity contribution in [3.63, 3.8) is 0 Å². The van der Waals surface area contributed by atoms with Gasteiger partial charge in [0.1, 0.15) is 6.04 Å². The maximum atomic E-state index is 12.5. The molecule has 0 aromatic carbocycles. The molecule has 2 amide bonds. The van der Waals surface area contributed by atoms with E-state index in [-0.39, 0.29) is 17.9 Å². The standard InChI is InChI=1S/C14H26N4O2/c1-11-5-3-4-7-18(11)13(19)10-17-8-6-16-9-12(17)14(20)15-2/h11-12,16H,3-10H2,1-2H3,(H,15,20). The van der Waals surface area contributed by atoms with Crippen LogP contribution >= 0.6 is 0 Å². The molecule has 0 aromatic rings. The van der Waals surface area contributed by atoms with E-state index >= 15 is 0 Å². The molecule has 114 valence electrons. The number of amides is 2. The number of carbonyl (C=O) groups excluding carboxylic acids is 2. The van der Waals surface area contributed by atoms with E-state index in [0.29, 0.717) is 19.1 Å². The van der Waals surface area contributed by atoms with Crippen molar-refractivity contribution in [2.75, 3.05) is 39.8 Å². The normalized spacial score (nSPS) is 28.2. The Bertz CT molecular complexity index is 361. The Hall–Kier alpha value is -1.14. The van der Waals surface area contributed by atoms with Crippen LogP contribution < -0.4 is 10.6 Å². The Morgan fingerprint density at radius 2 is 2.10 bits per heavy atom. The van der Waals surface area contributed by atoms with Crippen LogP contribution in [0.1, 0.15) is 26.2 Å². The summed E-state index contributed by atoms with van der Waals surface area (Å²) in [5, 5.41) is 5.89. The van der Waals surface area contributed by atoms with E-state index in [0.717, 1.165) is 32.5 Å². The molecule has 0 aliphatic carbocycles. The highest BCUT2D eigenvalue weighted by molar-refractivity contribution is 5.84. The van der Waals surface area contributed by atoms with Crippen LogP contribution in [0.25, 0.3) is 0 Å². The molecule has 6 nitrogen and oxygen atoms in total. The molecule has 2 saturated heterocycles. The van der Waals surface area contributed by atoms with Crippen LogP contribution in [-0.4, -0.2) is 73.5 Å². The summed E-state index contributed by atoms with van der Waals surface area (Å²) in [6, 6.07) is 0.0930. The quantitative estimate of drug-likeness (QED) is 0.726. The Morgan fingerprint density at radius 3 is 2.80 bits per heavy atom. The minimum absolute atomic E-state index is 0.0170. The highest BCUT2D eigenvalue weighted by Gasteiger charge is 2.31. The zero-order valence-corrected chi connectivity index (χ0v) is 12.5. The van der Waals surface area contributed by atoms with Crippen LogP contribution in [0, 0.1) is 0 Å². The number of nitrogens with zero attached hydrogens (tertiary/aromatic N) is 2. The number of carbonyl (C=O) groups is 2. The zero-order chi connectivity index (χ0) is 14.5. The molecule has 2 N–H and O–H groups in total. The minimum Gasteiger partial charge on any atom is -0.358 e. The second kappa shape index (κ2) is 7.04. The van der Waals surface area contributed by atoms with Gasteiger partial charge in [-0.3, -0.25) is 14.5 Å². The molecule has 2 aliphatic heterocycles. The van der Waals surface area contributed by atoms with Crippen molar-refractivity contribution in [1.29, 1.82) is 0 Å². The largest absolute Gasteiger partial charge is 0.358 e. The Balaban J connectivity index is 1.95. The molecule has 20 heavy (non-hydrogen) atoms. The zero-order valence-electron chi connectivity index (χ0n) is 12.5. The summed E-state index contributed by atoms with van der Waals surface area (Å²) in [6.07, 6.45) is 3.39. The van der Waals surface area contributed by atoms with Gasteiger partial charge >= 0.3 is 0 Å². The molecule has 6 heteroatoms. The van der Waals surface area contributed by atoms with Gasteiger partial charge in [0.15, 0.2) is 0 Å². The lowest BCUT2D eigenvalue weighted by Gasteiger charge is -2.38. The molecule has 0 bridgehead atoms. The third-order valence-corrected chi connectivity index (χ3v) is 4.36. The third-order valence-electron chi connectivity index (χ3n) is 4.36. The predicted molar refractivity (Wildman–Crippen MR) is 77.3 cm³/mol. The summed E-state index contributed by atoms with van der Waals surface area (Å²) in [5.74, 6) is 0.143. The van der Waals surface area contributed by atoms with Gasteiger partial charge in [-0.2, -0.15) is 0 Å². The molecule has 0 spiro atoms. The number of rotatable bonds is 3. The molecule has 2 fully saturated rings. The monoisotopic (exact) mass is 282 g/mol. The van der Waals surface area contributed by atoms with Crippen molar-refractivity contribution in [3.8, 4) is 0 Å². The number of hydrogen-bond acceptors (Lipinski definition) is 4. The van der Waals surface area contributed by atoms with E-state index in [4.69, 9.17) is 0 Å². The number of hydrogen-bond donors (Lipinski definition) is 2. The molecule has 0 aromatic heterocycles. The van der Waals surface area contributed by atoms with Crippen LogP contribution in [-0.2, 0) is 9.59 Å². The van der Waals surface area contributed by atoms with Crippen molar-refractivity contribution in [1.82, 2.24) is 20.4 Å². The highest BCUT2D eigenvalue weighted by Crippen LogP contribution is 2.17. The van der Waals surface area contributed by atoms with Crippen LogP contribution in [0.15, 0.2) is 0 Å². The molecular weight excluding hydrogens is 256 g/mol. The van der Waals surface area contributed by atoms with Crippen molar-refractivity contribution in [2.45, 2.75) is 38.3 Å². The maximum absolute atomic E-state index is 12.5. The smallest absolute Gasteiger partial charge is 0.238 e. The first kappa shape index (κ1) is 15.3. The van der Waals surface area contributed by atoms with E-state index in [1.807, 2.05) is 9.80 Å². The lowest BCUT2D eigenvalue weighted by molar-refractivity contribution is -0.138. The van der Waals surface area contributed by atoms with Gasteiger partial charge in [-0.25, -0.2) is 0 Å². The molecule has 2 aliphatic rings. The first-order chi connectivity index (χ1) is 9.63. The van der Waals surface area contributed by atoms with Crippen molar-refractivity contribution in [2.24, 2.45) is 0 Å².